The smallest absolute Gasteiger partial charge is 0.274 e. The van der Waals surface area contributed by atoms with E-state index >= 15 is 0 Å². The minimum atomic E-state index is -0.606. The zero-order valence-electron chi connectivity index (χ0n) is 11.7. The second-order valence-corrected chi connectivity index (χ2v) is 4.83. The van der Waals surface area contributed by atoms with Crippen LogP contribution in [0.5, 0.6) is 5.88 Å². The van der Waals surface area contributed by atoms with Crippen molar-refractivity contribution in [2.75, 3.05) is 0 Å². The molecule has 1 atom stereocenters. The standard InChI is InChI=1S/C14H17N3O3/c1-4-9(3)15-12(18)11-13(19)16-10-6-5-8(2)7-17(10)14(11)20/h5-7,9,19H,4H2,1-3H3,(H,15,18). The maximum Gasteiger partial charge on any atom is 0.274 e. The van der Waals surface area contributed by atoms with Crippen molar-refractivity contribution in [3.05, 3.63) is 39.8 Å². The number of hydrogen-bond acceptors (Lipinski definition) is 4. The van der Waals surface area contributed by atoms with Crippen molar-refractivity contribution in [1.82, 2.24) is 14.7 Å². The molecule has 0 bridgehead atoms. The molecule has 20 heavy (non-hydrogen) atoms. The van der Waals surface area contributed by atoms with Gasteiger partial charge in [0.25, 0.3) is 11.5 Å². The van der Waals surface area contributed by atoms with Crippen LogP contribution < -0.4 is 10.9 Å². The van der Waals surface area contributed by atoms with E-state index < -0.39 is 17.3 Å². The van der Waals surface area contributed by atoms with Gasteiger partial charge >= 0.3 is 0 Å². The average molecular weight is 275 g/mol. The summed E-state index contributed by atoms with van der Waals surface area (Å²) in [5.41, 5.74) is 0.268. The van der Waals surface area contributed by atoms with Crippen molar-refractivity contribution >= 4 is 11.6 Å². The van der Waals surface area contributed by atoms with Crippen LogP contribution in [0.2, 0.25) is 0 Å². The maximum absolute atomic E-state index is 12.3. The van der Waals surface area contributed by atoms with Crippen molar-refractivity contribution in [3.8, 4) is 5.88 Å². The molecule has 2 heterocycles. The first-order chi connectivity index (χ1) is 9.43. The van der Waals surface area contributed by atoms with Crippen molar-refractivity contribution in [2.45, 2.75) is 33.2 Å². The first-order valence-corrected chi connectivity index (χ1v) is 6.47. The molecule has 0 saturated heterocycles. The van der Waals surface area contributed by atoms with E-state index in [0.29, 0.717) is 5.65 Å². The molecule has 2 aromatic heterocycles. The number of carbonyl (C=O) groups excluding carboxylic acids is 1. The Balaban J connectivity index is 2.59. The SMILES string of the molecule is CCC(C)NC(=O)c1c(O)nc2ccc(C)cn2c1=O. The summed E-state index contributed by atoms with van der Waals surface area (Å²) in [5.74, 6) is -1.15. The third-order valence-electron chi connectivity index (χ3n) is 3.17. The van der Waals surface area contributed by atoms with E-state index in [-0.39, 0.29) is 11.6 Å². The molecule has 0 aliphatic heterocycles. The highest BCUT2D eigenvalue weighted by atomic mass is 16.3. The fourth-order valence-corrected chi connectivity index (χ4v) is 1.83. The van der Waals surface area contributed by atoms with Crippen LogP contribution in [-0.2, 0) is 0 Å². The summed E-state index contributed by atoms with van der Waals surface area (Å²) >= 11 is 0. The number of aromatic hydroxyl groups is 1. The normalized spacial score (nSPS) is 12.3. The van der Waals surface area contributed by atoms with Crippen LogP contribution in [0.15, 0.2) is 23.1 Å². The van der Waals surface area contributed by atoms with Gasteiger partial charge in [-0.25, -0.2) is 0 Å². The van der Waals surface area contributed by atoms with Gasteiger partial charge in [-0.3, -0.25) is 14.0 Å². The first-order valence-electron chi connectivity index (χ1n) is 6.47. The van der Waals surface area contributed by atoms with Gasteiger partial charge in [-0.2, -0.15) is 4.98 Å². The van der Waals surface area contributed by atoms with Gasteiger partial charge in [0.1, 0.15) is 5.65 Å². The average Bonchev–Trinajstić information content (AvgIpc) is 2.39. The van der Waals surface area contributed by atoms with E-state index in [1.165, 1.54) is 4.40 Å². The monoisotopic (exact) mass is 275 g/mol. The molecular formula is C14H17N3O3. The largest absolute Gasteiger partial charge is 0.493 e. The zero-order chi connectivity index (χ0) is 14.9. The van der Waals surface area contributed by atoms with Gasteiger partial charge in [0.15, 0.2) is 5.56 Å². The highest BCUT2D eigenvalue weighted by Crippen LogP contribution is 2.12. The molecule has 0 saturated carbocycles. The number of nitrogens with one attached hydrogen (secondary N) is 1. The lowest BCUT2D eigenvalue weighted by atomic mass is 10.2. The molecule has 0 spiro atoms. The number of aromatic nitrogens is 2. The highest BCUT2D eigenvalue weighted by Gasteiger charge is 2.20. The molecule has 0 fully saturated rings. The molecule has 1 unspecified atom stereocenters. The van der Waals surface area contributed by atoms with Crippen LogP contribution in [0.4, 0.5) is 0 Å². The van der Waals surface area contributed by atoms with Gasteiger partial charge in [-0.15, -0.1) is 0 Å². The predicted octanol–water partition coefficient (Wildman–Crippen LogP) is 1.24. The number of nitrogens with zero attached hydrogens (tertiary/aromatic N) is 2. The first kappa shape index (κ1) is 14.0. The number of pyridine rings is 1. The number of rotatable bonds is 3. The Labute approximate surface area is 116 Å². The fraction of sp³-hybridized carbons (Fsp3) is 0.357. The van der Waals surface area contributed by atoms with Crippen molar-refractivity contribution in [3.63, 3.8) is 0 Å². The Morgan fingerprint density at radius 2 is 2.20 bits per heavy atom. The third kappa shape index (κ3) is 2.49. The molecule has 0 aliphatic rings. The summed E-state index contributed by atoms with van der Waals surface area (Å²) in [4.78, 5) is 28.3. The Bertz CT molecular complexity index is 721. The van der Waals surface area contributed by atoms with Crippen LogP contribution in [0.3, 0.4) is 0 Å². The molecule has 2 N–H and O–H groups in total. The van der Waals surface area contributed by atoms with Gasteiger partial charge in [0, 0.05) is 12.2 Å². The van der Waals surface area contributed by atoms with Gasteiger partial charge in [-0.1, -0.05) is 13.0 Å². The molecular weight excluding hydrogens is 258 g/mol. The molecule has 6 heteroatoms. The summed E-state index contributed by atoms with van der Waals surface area (Å²) in [6, 6.07) is 3.31. The molecule has 0 radical (unpaired) electrons. The second kappa shape index (κ2) is 5.32. The van der Waals surface area contributed by atoms with E-state index in [1.54, 1.807) is 18.3 Å². The van der Waals surface area contributed by atoms with E-state index in [0.717, 1.165) is 12.0 Å². The third-order valence-corrected chi connectivity index (χ3v) is 3.17. The van der Waals surface area contributed by atoms with E-state index in [4.69, 9.17) is 0 Å². The molecule has 2 aromatic rings. The van der Waals surface area contributed by atoms with Crippen LogP contribution in [-0.4, -0.2) is 26.4 Å². The lowest BCUT2D eigenvalue weighted by Crippen LogP contribution is -2.36. The minimum absolute atomic E-state index is 0.0838. The lowest BCUT2D eigenvalue weighted by Gasteiger charge is -2.12. The van der Waals surface area contributed by atoms with Crippen LogP contribution in [0, 0.1) is 6.92 Å². The second-order valence-electron chi connectivity index (χ2n) is 4.83. The van der Waals surface area contributed by atoms with Crippen LogP contribution in [0.25, 0.3) is 5.65 Å². The van der Waals surface area contributed by atoms with Gasteiger partial charge in [-0.05, 0) is 31.9 Å². The molecule has 2 rings (SSSR count). The predicted molar refractivity (Wildman–Crippen MR) is 75.1 cm³/mol. The van der Waals surface area contributed by atoms with E-state index in [9.17, 15) is 14.7 Å². The molecule has 6 nitrogen and oxygen atoms in total. The number of aryl methyl sites for hydroxylation is 1. The number of amides is 1. The zero-order valence-corrected chi connectivity index (χ0v) is 11.7. The Morgan fingerprint density at radius 1 is 1.50 bits per heavy atom. The molecule has 1 amide bonds. The van der Waals surface area contributed by atoms with Gasteiger partial charge in [0.05, 0.1) is 0 Å². The van der Waals surface area contributed by atoms with E-state index in [2.05, 4.69) is 10.3 Å². The molecule has 0 aliphatic carbocycles. The van der Waals surface area contributed by atoms with Crippen molar-refractivity contribution < 1.29 is 9.90 Å². The fourth-order valence-electron chi connectivity index (χ4n) is 1.83. The topological polar surface area (TPSA) is 83.7 Å². The Kier molecular flexibility index (Phi) is 3.74. The molecule has 106 valence electrons. The number of fused-ring (bicyclic) bond motifs is 1. The summed E-state index contributed by atoms with van der Waals surface area (Å²) in [5, 5.41) is 12.5. The lowest BCUT2D eigenvalue weighted by molar-refractivity contribution is 0.0934. The quantitative estimate of drug-likeness (QED) is 0.882. The summed E-state index contributed by atoms with van der Waals surface area (Å²) in [7, 11) is 0. The number of hydrogen-bond donors (Lipinski definition) is 2. The summed E-state index contributed by atoms with van der Waals surface area (Å²) < 4.78 is 1.26. The van der Waals surface area contributed by atoms with Gasteiger partial charge < -0.3 is 10.4 Å². The minimum Gasteiger partial charge on any atom is -0.493 e. The number of carbonyl (C=O) groups is 1. The Morgan fingerprint density at radius 3 is 2.85 bits per heavy atom. The molecule has 0 aromatic carbocycles. The van der Waals surface area contributed by atoms with Crippen molar-refractivity contribution in [1.29, 1.82) is 0 Å². The van der Waals surface area contributed by atoms with E-state index in [1.807, 2.05) is 20.8 Å². The van der Waals surface area contributed by atoms with Gasteiger partial charge in [0.2, 0.25) is 5.88 Å². The Hall–Kier alpha value is -2.37. The van der Waals surface area contributed by atoms with Crippen LogP contribution in [0.1, 0.15) is 36.2 Å². The maximum atomic E-state index is 12.3. The summed E-state index contributed by atoms with van der Waals surface area (Å²) in [6.45, 7) is 5.57. The highest BCUT2D eigenvalue weighted by molar-refractivity contribution is 5.96. The summed E-state index contributed by atoms with van der Waals surface area (Å²) in [6.07, 6.45) is 2.32. The van der Waals surface area contributed by atoms with Crippen molar-refractivity contribution in [2.24, 2.45) is 0 Å². The van der Waals surface area contributed by atoms with Crippen LogP contribution >= 0.6 is 0 Å².